The van der Waals surface area contributed by atoms with Crippen LogP contribution in [0.15, 0.2) is 18.2 Å². The highest BCUT2D eigenvalue weighted by Crippen LogP contribution is 2.39. The number of anilines is 1. The molecule has 0 fully saturated rings. The Morgan fingerprint density at radius 1 is 1.33 bits per heavy atom. The van der Waals surface area contributed by atoms with E-state index in [0.717, 1.165) is 29.7 Å². The van der Waals surface area contributed by atoms with E-state index in [0.29, 0.717) is 21.7 Å². The number of aryl methyl sites for hydroxylation is 2. The van der Waals surface area contributed by atoms with Crippen molar-refractivity contribution in [1.82, 2.24) is 0 Å². The lowest BCUT2D eigenvalue weighted by Gasteiger charge is -2.07. The minimum absolute atomic E-state index is 0.0422. The van der Waals surface area contributed by atoms with E-state index < -0.39 is 16.7 Å². The largest absolute Gasteiger partial charge is 0.365 e. The van der Waals surface area contributed by atoms with E-state index in [9.17, 15) is 19.7 Å². The minimum Gasteiger partial charge on any atom is -0.365 e. The summed E-state index contributed by atoms with van der Waals surface area (Å²) >= 11 is 1.37. The highest BCUT2D eigenvalue weighted by Gasteiger charge is 2.26. The van der Waals surface area contributed by atoms with Gasteiger partial charge >= 0.3 is 0 Å². The smallest absolute Gasteiger partial charge is 0.272 e. The Bertz CT molecular complexity index is 872. The maximum Gasteiger partial charge on any atom is 0.272 e. The molecule has 1 aromatic carbocycles. The molecule has 8 heteroatoms. The van der Waals surface area contributed by atoms with E-state index in [1.165, 1.54) is 29.5 Å². The van der Waals surface area contributed by atoms with Gasteiger partial charge < -0.3 is 11.1 Å². The van der Waals surface area contributed by atoms with Crippen LogP contribution in [0.2, 0.25) is 0 Å². The molecule has 1 aliphatic carbocycles. The molecule has 2 aromatic rings. The molecule has 0 spiro atoms. The van der Waals surface area contributed by atoms with Crippen molar-refractivity contribution in [3.8, 4) is 0 Å². The van der Waals surface area contributed by atoms with Crippen LogP contribution in [-0.4, -0.2) is 16.7 Å². The molecule has 24 heavy (non-hydrogen) atoms. The zero-order valence-corrected chi connectivity index (χ0v) is 13.7. The Balaban J connectivity index is 1.90. The summed E-state index contributed by atoms with van der Waals surface area (Å²) in [5, 5.41) is 14.0. The monoisotopic (exact) mass is 345 g/mol. The van der Waals surface area contributed by atoms with Crippen molar-refractivity contribution < 1.29 is 14.5 Å². The number of nitro groups is 1. The molecule has 0 saturated carbocycles. The van der Waals surface area contributed by atoms with Crippen molar-refractivity contribution in [2.75, 3.05) is 5.32 Å². The maximum atomic E-state index is 12.4. The van der Waals surface area contributed by atoms with E-state index >= 15 is 0 Å². The van der Waals surface area contributed by atoms with Gasteiger partial charge in [0.1, 0.15) is 5.00 Å². The second kappa shape index (κ2) is 6.04. The van der Waals surface area contributed by atoms with Crippen LogP contribution in [0, 0.1) is 17.0 Å². The topological polar surface area (TPSA) is 115 Å². The van der Waals surface area contributed by atoms with Crippen molar-refractivity contribution in [2.45, 2.75) is 26.2 Å². The van der Waals surface area contributed by atoms with Gasteiger partial charge in [-0.3, -0.25) is 19.7 Å². The number of carbonyl (C=O) groups excluding carboxylic acids is 2. The number of rotatable bonds is 4. The highest BCUT2D eigenvalue weighted by atomic mass is 32.1. The molecule has 3 N–H and O–H groups in total. The van der Waals surface area contributed by atoms with E-state index in [2.05, 4.69) is 5.32 Å². The van der Waals surface area contributed by atoms with Crippen LogP contribution in [0.1, 0.15) is 43.1 Å². The number of carbonyl (C=O) groups is 2. The third-order valence-electron chi connectivity index (χ3n) is 4.05. The summed E-state index contributed by atoms with van der Waals surface area (Å²) < 4.78 is 0. The fourth-order valence-electron chi connectivity index (χ4n) is 2.93. The normalized spacial score (nSPS) is 12.7. The van der Waals surface area contributed by atoms with Gasteiger partial charge in [0, 0.05) is 22.1 Å². The molecular formula is C16H15N3O4S. The second-order valence-corrected chi connectivity index (χ2v) is 6.74. The number of amides is 2. The highest BCUT2D eigenvalue weighted by molar-refractivity contribution is 7.17. The van der Waals surface area contributed by atoms with Crippen molar-refractivity contribution in [2.24, 2.45) is 5.73 Å². The van der Waals surface area contributed by atoms with Crippen LogP contribution in [-0.2, 0) is 12.8 Å². The maximum absolute atomic E-state index is 12.4. The molecule has 1 aromatic heterocycles. The van der Waals surface area contributed by atoms with Crippen molar-refractivity contribution in [3.05, 3.63) is 55.4 Å². The van der Waals surface area contributed by atoms with E-state index in [4.69, 9.17) is 5.73 Å². The van der Waals surface area contributed by atoms with Gasteiger partial charge in [0.05, 0.1) is 10.5 Å². The van der Waals surface area contributed by atoms with Gasteiger partial charge in [-0.2, -0.15) is 0 Å². The number of hydrogen-bond acceptors (Lipinski definition) is 5. The summed E-state index contributed by atoms with van der Waals surface area (Å²) in [7, 11) is 0. The molecule has 0 atom stereocenters. The van der Waals surface area contributed by atoms with Gasteiger partial charge in [-0.1, -0.05) is 0 Å². The molecule has 0 aliphatic heterocycles. The molecular weight excluding hydrogens is 330 g/mol. The van der Waals surface area contributed by atoms with Crippen molar-refractivity contribution in [3.63, 3.8) is 0 Å². The second-order valence-electron chi connectivity index (χ2n) is 5.64. The standard InChI is InChI=1S/C16H15N3O4S/c1-8-7-9(5-6-11(8)19(22)23)15(21)18-16-13(14(17)20)10-3-2-4-12(10)24-16/h5-7H,2-4H2,1H3,(H2,17,20)(H,18,21). The molecule has 3 rings (SSSR count). The Morgan fingerprint density at radius 2 is 2.08 bits per heavy atom. The first-order chi connectivity index (χ1) is 11.4. The van der Waals surface area contributed by atoms with Gasteiger partial charge in [0.15, 0.2) is 0 Å². The SMILES string of the molecule is Cc1cc(C(=O)Nc2sc3c(c2C(N)=O)CCC3)ccc1[N+](=O)[O-]. The lowest BCUT2D eigenvalue weighted by atomic mass is 10.1. The number of nitro benzene ring substituents is 1. The molecule has 2 amide bonds. The number of primary amides is 1. The van der Waals surface area contributed by atoms with Gasteiger partial charge in [-0.25, -0.2) is 0 Å². The fraction of sp³-hybridized carbons (Fsp3) is 0.250. The van der Waals surface area contributed by atoms with Crippen molar-refractivity contribution in [1.29, 1.82) is 0 Å². The summed E-state index contributed by atoms with van der Waals surface area (Å²) in [6.45, 7) is 1.57. The number of nitrogens with zero attached hydrogens (tertiary/aromatic N) is 1. The van der Waals surface area contributed by atoms with Crippen LogP contribution in [0.25, 0.3) is 0 Å². The molecule has 0 saturated heterocycles. The van der Waals surface area contributed by atoms with E-state index in [-0.39, 0.29) is 5.69 Å². The quantitative estimate of drug-likeness (QED) is 0.654. The molecule has 7 nitrogen and oxygen atoms in total. The molecule has 1 heterocycles. The number of nitrogens with two attached hydrogens (primary N) is 1. The van der Waals surface area contributed by atoms with Gasteiger partial charge in [0.25, 0.3) is 17.5 Å². The average Bonchev–Trinajstić information content (AvgIpc) is 3.06. The number of thiophene rings is 1. The lowest BCUT2D eigenvalue weighted by molar-refractivity contribution is -0.385. The zero-order chi connectivity index (χ0) is 17.4. The third kappa shape index (κ3) is 2.76. The molecule has 0 unspecified atom stereocenters. The van der Waals surface area contributed by atoms with Crippen LogP contribution in [0.3, 0.4) is 0 Å². The van der Waals surface area contributed by atoms with E-state index in [1.807, 2.05) is 0 Å². The van der Waals surface area contributed by atoms with Gasteiger partial charge in [0.2, 0.25) is 0 Å². The van der Waals surface area contributed by atoms with Gasteiger partial charge in [-0.15, -0.1) is 11.3 Å². The summed E-state index contributed by atoms with van der Waals surface area (Å²) in [4.78, 5) is 35.6. The predicted octanol–water partition coefficient (Wildman–Crippen LogP) is 2.80. The third-order valence-corrected chi connectivity index (χ3v) is 5.26. The van der Waals surface area contributed by atoms with Crippen LogP contribution < -0.4 is 11.1 Å². The zero-order valence-electron chi connectivity index (χ0n) is 12.9. The fourth-order valence-corrected chi connectivity index (χ4v) is 4.22. The van der Waals surface area contributed by atoms with Crippen LogP contribution in [0.4, 0.5) is 10.7 Å². The van der Waals surface area contributed by atoms with Crippen LogP contribution in [0.5, 0.6) is 0 Å². The Labute approximate surface area is 141 Å². The molecule has 1 aliphatic rings. The van der Waals surface area contributed by atoms with Crippen LogP contribution >= 0.6 is 11.3 Å². The predicted molar refractivity (Wildman–Crippen MR) is 90.6 cm³/mol. The Morgan fingerprint density at radius 3 is 2.71 bits per heavy atom. The first-order valence-electron chi connectivity index (χ1n) is 7.39. The summed E-state index contributed by atoms with van der Waals surface area (Å²) in [5.74, 6) is -0.972. The molecule has 0 bridgehead atoms. The number of nitrogens with one attached hydrogen (secondary N) is 1. The van der Waals surface area contributed by atoms with E-state index in [1.54, 1.807) is 6.92 Å². The summed E-state index contributed by atoms with van der Waals surface area (Å²) in [6, 6.07) is 4.15. The Kier molecular flexibility index (Phi) is 4.06. The van der Waals surface area contributed by atoms with Crippen molar-refractivity contribution >= 4 is 33.8 Å². The molecule has 124 valence electrons. The Hall–Kier alpha value is -2.74. The summed E-state index contributed by atoms with van der Waals surface area (Å²) in [6.07, 6.45) is 2.65. The molecule has 0 radical (unpaired) electrons. The summed E-state index contributed by atoms with van der Waals surface area (Å²) in [5.41, 5.74) is 7.44. The lowest BCUT2D eigenvalue weighted by Crippen LogP contribution is -2.18. The first-order valence-corrected chi connectivity index (χ1v) is 8.21. The number of benzene rings is 1. The number of hydrogen-bond donors (Lipinski definition) is 2. The number of fused-ring (bicyclic) bond motifs is 1. The van der Waals surface area contributed by atoms with Gasteiger partial charge in [-0.05, 0) is 43.9 Å². The minimum atomic E-state index is -0.551. The average molecular weight is 345 g/mol. The first kappa shape index (κ1) is 16.1.